The molecule has 2 unspecified atom stereocenters. The fourth-order valence-corrected chi connectivity index (χ4v) is 1.09. The van der Waals surface area contributed by atoms with Crippen molar-refractivity contribution in [3.05, 3.63) is 0 Å². The summed E-state index contributed by atoms with van der Waals surface area (Å²) in [6.07, 6.45) is -8.85. The summed E-state index contributed by atoms with van der Waals surface area (Å²) in [7, 11) is 0. The van der Waals surface area contributed by atoms with Crippen molar-refractivity contribution in [1.82, 2.24) is 0 Å². The van der Waals surface area contributed by atoms with E-state index in [4.69, 9.17) is 25.5 Å². The van der Waals surface area contributed by atoms with Crippen molar-refractivity contribution in [3.63, 3.8) is 0 Å². The average molecular weight is 178 g/mol. The van der Waals surface area contributed by atoms with Gasteiger partial charge >= 0.3 is 0 Å². The van der Waals surface area contributed by atoms with Gasteiger partial charge in [-0.3, -0.25) is 4.79 Å². The maximum absolute atomic E-state index is 10.8. The Labute approximate surface area is 67.7 Å². The van der Waals surface area contributed by atoms with Crippen LogP contribution < -0.4 is 0 Å². The molecule has 0 saturated heterocycles. The number of aliphatic hydroxyl groups is 5. The van der Waals surface area contributed by atoms with E-state index >= 15 is 0 Å². The second-order valence-electron chi connectivity index (χ2n) is 2.76. The Morgan fingerprint density at radius 2 is 1.08 bits per heavy atom. The molecule has 5 atom stereocenters. The van der Waals surface area contributed by atoms with Crippen LogP contribution in [0.25, 0.3) is 0 Å². The van der Waals surface area contributed by atoms with E-state index in [0.717, 1.165) is 0 Å². The average Bonchev–Trinajstić information content (AvgIpc) is 2.08. The third kappa shape index (κ3) is 1.23. The van der Waals surface area contributed by atoms with Gasteiger partial charge in [-0.1, -0.05) is 0 Å². The summed E-state index contributed by atoms with van der Waals surface area (Å²) < 4.78 is 0. The van der Waals surface area contributed by atoms with Crippen LogP contribution in [0.15, 0.2) is 0 Å². The first-order valence-corrected chi connectivity index (χ1v) is 3.41. The van der Waals surface area contributed by atoms with Gasteiger partial charge in [0.05, 0.1) is 0 Å². The van der Waals surface area contributed by atoms with Crippen LogP contribution in [0, 0.1) is 0 Å². The highest BCUT2D eigenvalue weighted by molar-refractivity contribution is 5.89. The molecule has 70 valence electrons. The van der Waals surface area contributed by atoms with Crippen molar-refractivity contribution in [2.45, 2.75) is 30.5 Å². The van der Waals surface area contributed by atoms with Gasteiger partial charge in [0, 0.05) is 0 Å². The first-order valence-electron chi connectivity index (χ1n) is 3.41. The van der Waals surface area contributed by atoms with E-state index in [1.165, 1.54) is 0 Å². The maximum atomic E-state index is 10.8. The number of carbonyl (C=O) groups is 1. The van der Waals surface area contributed by atoms with Gasteiger partial charge < -0.3 is 25.5 Å². The predicted octanol–water partition coefficient (Wildman–Crippen LogP) is -3.63. The van der Waals surface area contributed by atoms with Gasteiger partial charge in [-0.2, -0.15) is 0 Å². The fourth-order valence-electron chi connectivity index (χ4n) is 1.09. The highest BCUT2D eigenvalue weighted by Gasteiger charge is 2.47. The van der Waals surface area contributed by atoms with E-state index in [1.807, 2.05) is 0 Å². The molecule has 1 aliphatic carbocycles. The number of hydrogen-bond acceptors (Lipinski definition) is 6. The zero-order valence-electron chi connectivity index (χ0n) is 6.03. The quantitative estimate of drug-likeness (QED) is 0.261. The molecule has 5 N–H and O–H groups in total. The lowest BCUT2D eigenvalue weighted by atomic mass is 9.86. The highest BCUT2D eigenvalue weighted by atomic mass is 16.4. The lowest BCUT2D eigenvalue weighted by Gasteiger charge is -2.34. The van der Waals surface area contributed by atoms with Crippen molar-refractivity contribution in [3.8, 4) is 0 Å². The molecular formula is C6H10O6. The molecular weight excluding hydrogens is 168 g/mol. The summed E-state index contributed by atoms with van der Waals surface area (Å²) in [5.41, 5.74) is 0. The largest absolute Gasteiger partial charge is 0.387 e. The van der Waals surface area contributed by atoms with Crippen LogP contribution in [0.4, 0.5) is 0 Å². The molecule has 1 rings (SSSR count). The lowest BCUT2D eigenvalue weighted by Crippen LogP contribution is -2.61. The normalized spacial score (nSPS) is 49.4. The minimum atomic E-state index is -1.83. The number of ketones is 1. The standard InChI is InChI=1S/C6H10O6/c7-1-2(8)4(10)6(12)5(11)3(1)9/h1-5,7-11H/t1-,2+,3?,4?,5+/m1/s1. The van der Waals surface area contributed by atoms with Crippen molar-refractivity contribution in [1.29, 1.82) is 0 Å². The number of Topliss-reactive ketones (excluding diaryl/α,β-unsaturated/α-hetero) is 1. The molecule has 1 saturated carbocycles. The number of carbonyl (C=O) groups excluding carboxylic acids is 1. The van der Waals surface area contributed by atoms with Crippen molar-refractivity contribution < 1.29 is 30.3 Å². The monoisotopic (exact) mass is 178 g/mol. The Hall–Kier alpha value is -0.530. The molecule has 0 amide bonds. The molecule has 0 aromatic rings. The zero-order chi connectivity index (χ0) is 9.46. The van der Waals surface area contributed by atoms with Crippen LogP contribution in [0.1, 0.15) is 0 Å². The molecule has 6 nitrogen and oxygen atoms in total. The number of hydrogen-bond donors (Lipinski definition) is 5. The van der Waals surface area contributed by atoms with Gasteiger partial charge in [0.1, 0.15) is 30.5 Å². The molecule has 0 aromatic heterocycles. The molecule has 0 heterocycles. The molecule has 0 radical (unpaired) electrons. The van der Waals surface area contributed by atoms with Crippen LogP contribution in [0.3, 0.4) is 0 Å². The van der Waals surface area contributed by atoms with Gasteiger partial charge in [0.15, 0.2) is 5.78 Å². The van der Waals surface area contributed by atoms with E-state index in [9.17, 15) is 4.79 Å². The summed E-state index contributed by atoms with van der Waals surface area (Å²) in [5, 5.41) is 44.5. The molecule has 1 aliphatic rings. The highest BCUT2D eigenvalue weighted by Crippen LogP contribution is 2.17. The minimum absolute atomic E-state index is 1.08. The minimum Gasteiger partial charge on any atom is -0.387 e. The second kappa shape index (κ2) is 3.08. The van der Waals surface area contributed by atoms with Crippen LogP contribution in [0.2, 0.25) is 0 Å². The number of aliphatic hydroxyl groups excluding tert-OH is 5. The van der Waals surface area contributed by atoms with E-state index in [1.54, 1.807) is 0 Å². The third-order valence-electron chi connectivity index (χ3n) is 1.93. The topological polar surface area (TPSA) is 118 Å². The van der Waals surface area contributed by atoms with Crippen molar-refractivity contribution >= 4 is 5.78 Å². The molecule has 12 heavy (non-hydrogen) atoms. The van der Waals surface area contributed by atoms with E-state index in [0.29, 0.717) is 0 Å². The maximum Gasteiger partial charge on any atom is 0.195 e. The fraction of sp³-hybridized carbons (Fsp3) is 0.833. The summed E-state index contributed by atoms with van der Waals surface area (Å²) in [5.74, 6) is -1.08. The van der Waals surface area contributed by atoms with Gasteiger partial charge in [0.2, 0.25) is 0 Å². The SMILES string of the molecule is O=C1C(O)[C@@H](O)[C@@H](O)C(O)[C@@H]1O. The smallest absolute Gasteiger partial charge is 0.195 e. The molecule has 0 bridgehead atoms. The van der Waals surface area contributed by atoms with Crippen molar-refractivity contribution in [2.75, 3.05) is 0 Å². The van der Waals surface area contributed by atoms with Crippen LogP contribution in [-0.4, -0.2) is 61.8 Å². The Bertz CT molecular complexity index is 174. The van der Waals surface area contributed by atoms with Crippen LogP contribution in [0.5, 0.6) is 0 Å². The van der Waals surface area contributed by atoms with Gasteiger partial charge in [-0.15, -0.1) is 0 Å². The Morgan fingerprint density at radius 1 is 0.750 bits per heavy atom. The van der Waals surface area contributed by atoms with E-state index in [2.05, 4.69) is 0 Å². The first-order chi connectivity index (χ1) is 5.46. The summed E-state index contributed by atoms with van der Waals surface area (Å²) >= 11 is 0. The van der Waals surface area contributed by atoms with E-state index in [-0.39, 0.29) is 0 Å². The molecule has 0 spiro atoms. The Kier molecular flexibility index (Phi) is 2.45. The summed E-state index contributed by atoms with van der Waals surface area (Å²) in [6, 6.07) is 0. The Balaban J connectivity index is 2.83. The summed E-state index contributed by atoms with van der Waals surface area (Å²) in [6.45, 7) is 0. The van der Waals surface area contributed by atoms with Gasteiger partial charge in [-0.25, -0.2) is 0 Å². The van der Waals surface area contributed by atoms with E-state index < -0.39 is 36.3 Å². The van der Waals surface area contributed by atoms with Crippen LogP contribution >= 0.6 is 0 Å². The van der Waals surface area contributed by atoms with Crippen molar-refractivity contribution in [2.24, 2.45) is 0 Å². The second-order valence-corrected chi connectivity index (χ2v) is 2.76. The molecule has 0 aromatic carbocycles. The predicted molar refractivity (Wildman–Crippen MR) is 35.0 cm³/mol. The third-order valence-corrected chi connectivity index (χ3v) is 1.93. The Morgan fingerprint density at radius 3 is 1.42 bits per heavy atom. The first kappa shape index (κ1) is 9.56. The van der Waals surface area contributed by atoms with Gasteiger partial charge in [0.25, 0.3) is 0 Å². The lowest BCUT2D eigenvalue weighted by molar-refractivity contribution is -0.185. The number of rotatable bonds is 0. The van der Waals surface area contributed by atoms with Gasteiger partial charge in [-0.05, 0) is 0 Å². The molecule has 0 aliphatic heterocycles. The molecule has 6 heteroatoms. The summed E-state index contributed by atoms with van der Waals surface area (Å²) in [4.78, 5) is 10.8. The zero-order valence-corrected chi connectivity index (χ0v) is 6.03. The molecule has 1 fully saturated rings. The van der Waals surface area contributed by atoms with Crippen LogP contribution in [-0.2, 0) is 4.79 Å².